The van der Waals surface area contributed by atoms with Crippen LogP contribution < -0.4 is 5.73 Å². The average molecular weight is 344 g/mol. The fourth-order valence-electron chi connectivity index (χ4n) is 3.89. The van der Waals surface area contributed by atoms with Crippen LogP contribution in [0, 0.1) is 0 Å². The fourth-order valence-corrected chi connectivity index (χ4v) is 3.89. The number of anilines is 1. The van der Waals surface area contributed by atoms with E-state index in [1.807, 2.05) is 30.3 Å². The molecule has 6 nitrogen and oxygen atoms in total. The van der Waals surface area contributed by atoms with Crippen LogP contribution in [0.1, 0.15) is 24.1 Å². The van der Waals surface area contributed by atoms with Crippen LogP contribution in [0.15, 0.2) is 36.8 Å². The summed E-state index contributed by atoms with van der Waals surface area (Å²) in [6.45, 7) is 0. The zero-order chi connectivity index (χ0) is 17.7. The van der Waals surface area contributed by atoms with Gasteiger partial charge in [0.15, 0.2) is 0 Å². The number of aromatic amines is 1. The van der Waals surface area contributed by atoms with E-state index in [9.17, 15) is 0 Å². The van der Waals surface area contributed by atoms with Gasteiger partial charge in [-0.25, -0.2) is 9.97 Å². The minimum absolute atomic E-state index is 0.327. The number of nitrogens with two attached hydrogens (primary N) is 1. The second-order valence-corrected chi connectivity index (χ2v) is 6.95. The van der Waals surface area contributed by atoms with Crippen LogP contribution in [0.5, 0.6) is 0 Å². The summed E-state index contributed by atoms with van der Waals surface area (Å²) >= 11 is 0. The smallest absolute Gasteiger partial charge is 0.220 e. The number of aromatic nitrogens is 5. The van der Waals surface area contributed by atoms with E-state index in [2.05, 4.69) is 38.2 Å². The first-order chi connectivity index (χ1) is 12.7. The number of fused-ring (bicyclic) bond motifs is 5. The van der Waals surface area contributed by atoms with Crippen molar-refractivity contribution in [2.75, 3.05) is 5.73 Å². The van der Waals surface area contributed by atoms with Crippen LogP contribution in [-0.4, -0.2) is 24.7 Å². The molecule has 1 aliphatic carbocycles. The number of hydrogen-bond acceptors (Lipinski definition) is 4. The van der Waals surface area contributed by atoms with Crippen LogP contribution >= 0.6 is 0 Å². The van der Waals surface area contributed by atoms with Gasteiger partial charge in [0.2, 0.25) is 5.95 Å². The third kappa shape index (κ3) is 2.37. The van der Waals surface area contributed by atoms with Gasteiger partial charge in [0.05, 0.1) is 11.9 Å². The Bertz CT molecular complexity index is 1120. The summed E-state index contributed by atoms with van der Waals surface area (Å²) in [6.07, 6.45) is 10.1. The number of nitrogens with zero attached hydrogens (tertiary/aromatic N) is 4. The van der Waals surface area contributed by atoms with Gasteiger partial charge in [0.25, 0.3) is 0 Å². The minimum Gasteiger partial charge on any atom is -0.368 e. The molecule has 5 rings (SSSR count). The van der Waals surface area contributed by atoms with E-state index in [0.717, 1.165) is 48.0 Å². The SMILES string of the molecule is Cn1cc(-c2ccc3[nH]c4c(c3c2)-c2nc(N)ncc2CCCC4)cn1. The Balaban J connectivity index is 1.79. The highest BCUT2D eigenvalue weighted by atomic mass is 15.2. The van der Waals surface area contributed by atoms with Crippen LogP contribution in [0.25, 0.3) is 33.3 Å². The summed E-state index contributed by atoms with van der Waals surface area (Å²) in [5.41, 5.74) is 13.9. The van der Waals surface area contributed by atoms with Crippen LogP contribution in [0.4, 0.5) is 5.95 Å². The van der Waals surface area contributed by atoms with Gasteiger partial charge in [0.1, 0.15) is 0 Å². The van der Waals surface area contributed by atoms with E-state index in [4.69, 9.17) is 5.73 Å². The molecule has 0 bridgehead atoms. The Hall–Kier alpha value is -3.15. The van der Waals surface area contributed by atoms with Gasteiger partial charge in [-0.1, -0.05) is 6.07 Å². The first kappa shape index (κ1) is 15.1. The van der Waals surface area contributed by atoms with E-state index >= 15 is 0 Å². The zero-order valence-corrected chi connectivity index (χ0v) is 14.7. The highest BCUT2D eigenvalue weighted by Crippen LogP contribution is 2.38. The molecule has 26 heavy (non-hydrogen) atoms. The lowest BCUT2D eigenvalue weighted by Crippen LogP contribution is -2.05. The van der Waals surface area contributed by atoms with Crippen LogP contribution in [0.2, 0.25) is 0 Å². The second-order valence-electron chi connectivity index (χ2n) is 6.95. The predicted molar refractivity (Wildman–Crippen MR) is 103 cm³/mol. The molecule has 0 unspecified atom stereocenters. The Morgan fingerprint density at radius 3 is 2.85 bits per heavy atom. The maximum absolute atomic E-state index is 5.92. The minimum atomic E-state index is 0.327. The van der Waals surface area contributed by atoms with Gasteiger partial charge in [-0.15, -0.1) is 0 Å². The summed E-state index contributed by atoms with van der Waals surface area (Å²) in [5.74, 6) is 0.327. The molecule has 3 heterocycles. The number of nitrogens with one attached hydrogen (secondary N) is 1. The van der Waals surface area contributed by atoms with Crippen LogP contribution in [0.3, 0.4) is 0 Å². The van der Waals surface area contributed by atoms with Crippen molar-refractivity contribution in [3.8, 4) is 22.4 Å². The molecular formula is C20H20N6. The summed E-state index contributed by atoms with van der Waals surface area (Å²) in [7, 11) is 1.93. The van der Waals surface area contributed by atoms with Gasteiger partial charge in [-0.3, -0.25) is 4.68 Å². The Morgan fingerprint density at radius 2 is 2.00 bits per heavy atom. The molecular weight excluding hydrogens is 324 g/mol. The highest BCUT2D eigenvalue weighted by Gasteiger charge is 2.21. The molecule has 0 spiro atoms. The Morgan fingerprint density at radius 1 is 1.12 bits per heavy atom. The molecule has 3 N–H and O–H groups in total. The molecule has 4 aromatic rings. The van der Waals surface area contributed by atoms with E-state index < -0.39 is 0 Å². The third-order valence-electron chi connectivity index (χ3n) is 5.16. The molecule has 3 aromatic heterocycles. The Kier molecular flexibility index (Phi) is 3.31. The monoisotopic (exact) mass is 344 g/mol. The standard InChI is InChI=1S/C20H20N6/c1-26-11-14(10-23-26)12-6-7-16-15(8-12)18-17(24-16)5-3-2-4-13-9-22-20(21)25-19(13)18/h6-11,24H,2-5H2,1H3,(H2,21,22,25). The average Bonchev–Trinajstić information content (AvgIpc) is 3.20. The summed E-state index contributed by atoms with van der Waals surface area (Å²) in [6, 6.07) is 6.51. The van der Waals surface area contributed by atoms with Gasteiger partial charge in [-0.2, -0.15) is 5.10 Å². The second kappa shape index (κ2) is 5.69. The van der Waals surface area contributed by atoms with Gasteiger partial charge in [-0.05, 0) is 48.9 Å². The first-order valence-electron chi connectivity index (χ1n) is 8.94. The highest BCUT2D eigenvalue weighted by molar-refractivity contribution is 5.99. The number of H-pyrrole nitrogens is 1. The first-order valence-corrected chi connectivity index (χ1v) is 8.94. The van der Waals surface area contributed by atoms with Crippen molar-refractivity contribution >= 4 is 16.9 Å². The number of hydrogen-bond donors (Lipinski definition) is 2. The molecule has 0 amide bonds. The normalized spacial score (nSPS) is 13.9. The molecule has 1 aliphatic rings. The molecule has 130 valence electrons. The quantitative estimate of drug-likeness (QED) is 0.553. The van der Waals surface area contributed by atoms with Crippen molar-refractivity contribution in [1.29, 1.82) is 0 Å². The van der Waals surface area contributed by atoms with Crippen molar-refractivity contribution in [3.05, 3.63) is 48.0 Å². The maximum Gasteiger partial charge on any atom is 0.220 e. The molecule has 0 aliphatic heterocycles. The number of nitrogen functional groups attached to an aromatic ring is 1. The zero-order valence-electron chi connectivity index (χ0n) is 14.7. The predicted octanol–water partition coefficient (Wildman–Crippen LogP) is 3.49. The molecule has 6 heteroatoms. The molecule has 0 atom stereocenters. The topological polar surface area (TPSA) is 85.4 Å². The van der Waals surface area contributed by atoms with Crippen LogP contribution in [-0.2, 0) is 19.9 Å². The summed E-state index contributed by atoms with van der Waals surface area (Å²) in [5, 5.41) is 5.48. The maximum atomic E-state index is 5.92. The number of benzene rings is 1. The van der Waals surface area contributed by atoms with Gasteiger partial charge < -0.3 is 10.7 Å². The van der Waals surface area contributed by atoms with Crippen molar-refractivity contribution < 1.29 is 0 Å². The number of aryl methyl sites for hydroxylation is 3. The van der Waals surface area contributed by atoms with Crippen molar-refractivity contribution in [2.45, 2.75) is 25.7 Å². The lowest BCUT2D eigenvalue weighted by atomic mass is 9.94. The summed E-state index contributed by atoms with van der Waals surface area (Å²) < 4.78 is 1.82. The van der Waals surface area contributed by atoms with Crippen molar-refractivity contribution in [3.63, 3.8) is 0 Å². The molecule has 0 saturated heterocycles. The third-order valence-corrected chi connectivity index (χ3v) is 5.16. The van der Waals surface area contributed by atoms with E-state index in [1.54, 1.807) is 0 Å². The molecule has 0 fully saturated rings. The van der Waals surface area contributed by atoms with Crippen molar-refractivity contribution in [2.24, 2.45) is 7.05 Å². The fraction of sp³-hybridized carbons (Fsp3) is 0.250. The summed E-state index contributed by atoms with van der Waals surface area (Å²) in [4.78, 5) is 12.4. The van der Waals surface area contributed by atoms with Gasteiger partial charge in [0, 0.05) is 47.2 Å². The van der Waals surface area contributed by atoms with E-state index in [0.29, 0.717) is 5.95 Å². The molecule has 1 aromatic carbocycles. The largest absolute Gasteiger partial charge is 0.368 e. The number of rotatable bonds is 1. The molecule has 0 radical (unpaired) electrons. The van der Waals surface area contributed by atoms with Crippen molar-refractivity contribution in [1.82, 2.24) is 24.7 Å². The molecule has 0 saturated carbocycles. The van der Waals surface area contributed by atoms with Gasteiger partial charge >= 0.3 is 0 Å². The van der Waals surface area contributed by atoms with E-state index in [1.165, 1.54) is 22.2 Å². The Labute approximate surface area is 151 Å². The lowest BCUT2D eigenvalue weighted by Gasteiger charge is -2.14. The van der Waals surface area contributed by atoms with E-state index in [-0.39, 0.29) is 0 Å². The lowest BCUT2D eigenvalue weighted by molar-refractivity contribution is 0.717.